The highest BCUT2D eigenvalue weighted by atomic mass is 16.5. The molecule has 2 aromatic heterocycles. The zero-order chi connectivity index (χ0) is 32.8. The van der Waals surface area contributed by atoms with Crippen LogP contribution in [0.25, 0.3) is 21.9 Å². The zero-order valence-corrected chi connectivity index (χ0v) is 28.1. The van der Waals surface area contributed by atoms with Crippen LogP contribution in [0.4, 0.5) is 16.2 Å². The minimum atomic E-state index is -0.464. The van der Waals surface area contributed by atoms with E-state index in [0.29, 0.717) is 18.1 Å². The van der Waals surface area contributed by atoms with E-state index in [-0.39, 0.29) is 22.8 Å². The summed E-state index contributed by atoms with van der Waals surface area (Å²) >= 11 is 0. The lowest BCUT2D eigenvalue weighted by atomic mass is 9.88. The fourth-order valence-corrected chi connectivity index (χ4v) is 5.91. The van der Waals surface area contributed by atoms with Crippen LogP contribution in [0.5, 0.6) is 5.88 Å². The quantitative estimate of drug-likeness (QED) is 0.201. The second-order valence-corrected chi connectivity index (χ2v) is 13.2. The highest BCUT2D eigenvalue weighted by molar-refractivity contribution is 6.09. The molecule has 1 fully saturated rings. The third kappa shape index (κ3) is 7.95. The standard InChI is InChI=1S/C37H48N6O3/c1-7-42(8-2)21-22-43-25-27(37(3,4)5)23-33(35(43)44)40-36(45)39-32-15-14-29(30-11-9-10-12-31(30)32)26-13-16-34(38-24-26)46-28-17-19-41(6)20-18-28/h9-16,23-25,28H,7-8,17-22H2,1-6H3,(H2,39,40,45). The highest BCUT2D eigenvalue weighted by Gasteiger charge is 2.21. The minimum Gasteiger partial charge on any atom is -0.474 e. The number of hydrogen-bond acceptors (Lipinski definition) is 6. The molecule has 2 N–H and O–H groups in total. The fraction of sp³-hybridized carbons (Fsp3) is 0.432. The molecule has 0 spiro atoms. The summed E-state index contributed by atoms with van der Waals surface area (Å²) < 4.78 is 7.87. The number of benzene rings is 2. The second kappa shape index (κ2) is 14.5. The molecule has 2 amide bonds. The number of nitrogens with one attached hydrogen (secondary N) is 2. The molecule has 0 saturated carbocycles. The number of urea groups is 1. The molecule has 244 valence electrons. The summed E-state index contributed by atoms with van der Waals surface area (Å²) in [5, 5.41) is 7.73. The molecule has 1 saturated heterocycles. The third-order valence-corrected chi connectivity index (χ3v) is 8.92. The summed E-state index contributed by atoms with van der Waals surface area (Å²) in [5.74, 6) is 0.639. The van der Waals surface area contributed by atoms with Crippen LogP contribution in [0.1, 0.15) is 53.0 Å². The Labute approximate surface area is 272 Å². The van der Waals surface area contributed by atoms with E-state index in [1.54, 1.807) is 10.6 Å². The van der Waals surface area contributed by atoms with Crippen molar-refractivity contribution in [2.45, 2.75) is 65.5 Å². The first kappa shape index (κ1) is 33.2. The van der Waals surface area contributed by atoms with Gasteiger partial charge in [0.1, 0.15) is 11.8 Å². The highest BCUT2D eigenvalue weighted by Crippen LogP contribution is 2.34. The second-order valence-electron chi connectivity index (χ2n) is 13.2. The number of carbonyl (C=O) groups excluding carboxylic acids is 1. The number of likely N-dealkylation sites (N-methyl/N-ethyl adjacent to an activating group) is 1. The summed E-state index contributed by atoms with van der Waals surface area (Å²) in [5.41, 5.74) is 3.45. The Bertz CT molecular complexity index is 1700. The largest absolute Gasteiger partial charge is 0.474 e. The van der Waals surface area contributed by atoms with E-state index >= 15 is 0 Å². The third-order valence-electron chi connectivity index (χ3n) is 8.92. The average molecular weight is 625 g/mol. The molecule has 0 unspecified atom stereocenters. The van der Waals surface area contributed by atoms with Gasteiger partial charge in [-0.1, -0.05) is 65.0 Å². The number of rotatable bonds is 10. The van der Waals surface area contributed by atoms with Crippen LogP contribution in [0.15, 0.2) is 71.8 Å². The monoisotopic (exact) mass is 624 g/mol. The average Bonchev–Trinajstić information content (AvgIpc) is 3.04. The smallest absolute Gasteiger partial charge is 0.323 e. The van der Waals surface area contributed by atoms with E-state index in [1.165, 1.54) is 0 Å². The van der Waals surface area contributed by atoms with Gasteiger partial charge in [0.05, 0.1) is 5.69 Å². The Balaban J connectivity index is 1.35. The van der Waals surface area contributed by atoms with Gasteiger partial charge in [-0.3, -0.25) is 4.79 Å². The van der Waals surface area contributed by atoms with Crippen molar-refractivity contribution in [2.24, 2.45) is 0 Å². The molecular formula is C37H48N6O3. The Morgan fingerprint density at radius 2 is 1.67 bits per heavy atom. The predicted molar refractivity (Wildman–Crippen MR) is 188 cm³/mol. The molecule has 9 nitrogen and oxygen atoms in total. The van der Waals surface area contributed by atoms with Crippen LogP contribution in [0.2, 0.25) is 0 Å². The number of nitrogens with zero attached hydrogens (tertiary/aromatic N) is 4. The first-order chi connectivity index (χ1) is 22.0. The van der Waals surface area contributed by atoms with Gasteiger partial charge >= 0.3 is 6.03 Å². The lowest BCUT2D eigenvalue weighted by Crippen LogP contribution is -2.35. The van der Waals surface area contributed by atoms with Crippen molar-refractivity contribution in [1.82, 2.24) is 19.4 Å². The molecule has 1 aliphatic rings. The van der Waals surface area contributed by atoms with Crippen molar-refractivity contribution in [2.75, 3.05) is 50.4 Å². The molecule has 0 atom stereocenters. The van der Waals surface area contributed by atoms with Gasteiger partial charge in [-0.25, -0.2) is 9.78 Å². The first-order valence-electron chi connectivity index (χ1n) is 16.4. The van der Waals surface area contributed by atoms with Gasteiger partial charge in [-0.15, -0.1) is 0 Å². The maximum absolute atomic E-state index is 13.5. The Kier molecular flexibility index (Phi) is 10.4. The van der Waals surface area contributed by atoms with Gasteiger partial charge in [0.15, 0.2) is 0 Å². The number of hydrogen-bond donors (Lipinski definition) is 2. The molecule has 1 aliphatic heterocycles. The maximum Gasteiger partial charge on any atom is 0.323 e. The number of likely N-dealkylation sites (tertiary alicyclic amines) is 1. The number of fused-ring (bicyclic) bond motifs is 1. The Morgan fingerprint density at radius 1 is 0.978 bits per heavy atom. The summed E-state index contributed by atoms with van der Waals surface area (Å²) in [6.45, 7) is 15.7. The number of piperidine rings is 1. The summed E-state index contributed by atoms with van der Waals surface area (Å²) in [6.07, 6.45) is 5.96. The molecule has 46 heavy (non-hydrogen) atoms. The maximum atomic E-state index is 13.5. The van der Waals surface area contributed by atoms with E-state index in [1.807, 2.05) is 60.9 Å². The molecule has 2 aromatic carbocycles. The SMILES string of the molecule is CCN(CC)CCn1cc(C(C)(C)C)cc(NC(=O)Nc2ccc(-c3ccc(OC4CCN(C)CC4)nc3)c3ccccc23)c1=O. The van der Waals surface area contributed by atoms with E-state index in [2.05, 4.69) is 67.1 Å². The number of carbonyl (C=O) groups is 1. The predicted octanol–water partition coefficient (Wildman–Crippen LogP) is 6.82. The number of ether oxygens (including phenoxy) is 1. The van der Waals surface area contributed by atoms with E-state index in [9.17, 15) is 9.59 Å². The molecule has 9 heteroatoms. The van der Waals surface area contributed by atoms with Crippen LogP contribution in [-0.2, 0) is 12.0 Å². The van der Waals surface area contributed by atoms with Gasteiger partial charge in [-0.05, 0) is 73.1 Å². The molecule has 4 aromatic rings. The van der Waals surface area contributed by atoms with Crippen molar-refractivity contribution < 1.29 is 9.53 Å². The van der Waals surface area contributed by atoms with Gasteiger partial charge in [0.25, 0.3) is 5.56 Å². The summed E-state index contributed by atoms with van der Waals surface area (Å²) in [4.78, 5) is 36.1. The van der Waals surface area contributed by atoms with Crippen molar-refractivity contribution in [3.05, 3.63) is 82.9 Å². The fourth-order valence-electron chi connectivity index (χ4n) is 5.91. The van der Waals surface area contributed by atoms with Crippen LogP contribution >= 0.6 is 0 Å². The molecule has 0 radical (unpaired) electrons. The van der Waals surface area contributed by atoms with Gasteiger partial charge in [0, 0.05) is 55.6 Å². The van der Waals surface area contributed by atoms with E-state index in [0.717, 1.165) is 73.0 Å². The van der Waals surface area contributed by atoms with Crippen LogP contribution in [0, 0.1) is 0 Å². The number of pyridine rings is 2. The van der Waals surface area contributed by atoms with Gasteiger partial charge < -0.3 is 29.7 Å². The van der Waals surface area contributed by atoms with Gasteiger partial charge in [-0.2, -0.15) is 0 Å². The number of amides is 2. The van der Waals surface area contributed by atoms with Crippen molar-refractivity contribution in [3.63, 3.8) is 0 Å². The van der Waals surface area contributed by atoms with Crippen LogP contribution in [0.3, 0.4) is 0 Å². The Hall–Kier alpha value is -4.21. The van der Waals surface area contributed by atoms with E-state index < -0.39 is 6.03 Å². The first-order valence-corrected chi connectivity index (χ1v) is 16.4. The molecular weight excluding hydrogens is 576 g/mol. The topological polar surface area (TPSA) is 91.7 Å². The van der Waals surface area contributed by atoms with Crippen molar-refractivity contribution in [1.29, 1.82) is 0 Å². The Morgan fingerprint density at radius 3 is 2.33 bits per heavy atom. The lowest BCUT2D eigenvalue weighted by Gasteiger charge is -2.28. The molecule has 3 heterocycles. The normalized spacial score (nSPS) is 14.5. The van der Waals surface area contributed by atoms with E-state index in [4.69, 9.17) is 4.74 Å². The zero-order valence-electron chi connectivity index (χ0n) is 28.1. The summed E-state index contributed by atoms with van der Waals surface area (Å²) in [7, 11) is 2.14. The lowest BCUT2D eigenvalue weighted by molar-refractivity contribution is 0.110. The van der Waals surface area contributed by atoms with Crippen LogP contribution < -0.4 is 20.9 Å². The van der Waals surface area contributed by atoms with Crippen molar-refractivity contribution >= 4 is 28.2 Å². The molecule has 5 rings (SSSR count). The van der Waals surface area contributed by atoms with Crippen LogP contribution in [-0.4, -0.2) is 71.3 Å². The number of anilines is 2. The molecule has 0 bridgehead atoms. The summed E-state index contributed by atoms with van der Waals surface area (Å²) in [6, 6.07) is 17.2. The van der Waals surface area contributed by atoms with Crippen molar-refractivity contribution in [3.8, 4) is 17.0 Å². The minimum absolute atomic E-state index is 0.193. The molecule has 0 aliphatic carbocycles. The van der Waals surface area contributed by atoms with Gasteiger partial charge in [0.2, 0.25) is 5.88 Å². The number of aromatic nitrogens is 2.